The molecule has 1 saturated heterocycles. The number of carbonyl (C=O) groups is 1. The molecule has 1 aliphatic rings. The van der Waals surface area contributed by atoms with Crippen molar-refractivity contribution in [2.45, 2.75) is 59.2 Å². The first-order valence-electron chi connectivity index (χ1n) is 7.73. The van der Waals surface area contributed by atoms with Crippen LogP contribution in [-0.2, 0) is 24.3 Å². The van der Waals surface area contributed by atoms with Crippen molar-refractivity contribution in [1.29, 1.82) is 0 Å². The molecule has 0 aromatic carbocycles. The Hall–Kier alpha value is -1.36. The molecule has 5 heteroatoms. The van der Waals surface area contributed by atoms with E-state index in [9.17, 15) is 4.79 Å². The summed E-state index contributed by atoms with van der Waals surface area (Å²) in [5.41, 5.74) is 2.27. The Kier molecular flexibility index (Phi) is 5.17. The second-order valence-electron chi connectivity index (χ2n) is 5.43. The summed E-state index contributed by atoms with van der Waals surface area (Å²) in [5, 5.41) is 7.86. The summed E-state index contributed by atoms with van der Waals surface area (Å²) in [7, 11) is 0. The molecule has 5 nitrogen and oxygen atoms in total. The van der Waals surface area contributed by atoms with Crippen LogP contribution in [0.15, 0.2) is 6.07 Å². The van der Waals surface area contributed by atoms with Gasteiger partial charge in [-0.3, -0.25) is 9.48 Å². The minimum atomic E-state index is -0.126. The Morgan fingerprint density at radius 2 is 2.10 bits per heavy atom. The largest absolute Gasteiger partial charge is 0.341 e. The lowest BCUT2D eigenvalue weighted by molar-refractivity contribution is -0.132. The fourth-order valence-corrected chi connectivity index (χ4v) is 2.66. The summed E-state index contributed by atoms with van der Waals surface area (Å²) in [4.78, 5) is 14.2. The zero-order chi connectivity index (χ0) is 14.5. The van der Waals surface area contributed by atoms with Crippen LogP contribution in [0, 0.1) is 0 Å². The van der Waals surface area contributed by atoms with E-state index in [0.29, 0.717) is 6.54 Å². The predicted octanol–water partition coefficient (Wildman–Crippen LogP) is 1.57. The highest BCUT2D eigenvalue weighted by Gasteiger charge is 2.23. The average molecular weight is 278 g/mol. The molecule has 1 atom stereocenters. The van der Waals surface area contributed by atoms with Crippen LogP contribution in [0.25, 0.3) is 0 Å². The predicted molar refractivity (Wildman–Crippen MR) is 79.4 cm³/mol. The molecule has 1 unspecified atom stereocenters. The van der Waals surface area contributed by atoms with Gasteiger partial charge in [-0.1, -0.05) is 6.92 Å². The molecule has 1 aromatic rings. The average Bonchev–Trinajstić information content (AvgIpc) is 3.12. The number of likely N-dealkylation sites (tertiary alicyclic amines) is 1. The molecule has 2 heterocycles. The van der Waals surface area contributed by atoms with Crippen molar-refractivity contribution in [2.75, 3.05) is 13.1 Å². The molecule has 112 valence electrons. The van der Waals surface area contributed by atoms with E-state index in [0.717, 1.165) is 50.3 Å². The van der Waals surface area contributed by atoms with Crippen LogP contribution in [0.1, 0.15) is 45.0 Å². The third-order valence-electron chi connectivity index (χ3n) is 3.95. The van der Waals surface area contributed by atoms with Crippen LogP contribution in [0.4, 0.5) is 0 Å². The Morgan fingerprint density at radius 1 is 1.40 bits per heavy atom. The van der Waals surface area contributed by atoms with E-state index in [1.54, 1.807) is 0 Å². The number of aryl methyl sites for hydroxylation is 2. The Bertz CT molecular complexity index is 449. The maximum atomic E-state index is 12.2. The van der Waals surface area contributed by atoms with Crippen molar-refractivity contribution in [3.05, 3.63) is 17.5 Å². The van der Waals surface area contributed by atoms with Crippen LogP contribution >= 0.6 is 0 Å². The number of hydrogen-bond acceptors (Lipinski definition) is 3. The van der Waals surface area contributed by atoms with Gasteiger partial charge in [0.25, 0.3) is 0 Å². The fraction of sp³-hybridized carbons (Fsp3) is 0.733. The quantitative estimate of drug-likeness (QED) is 0.859. The number of aromatic nitrogens is 2. The van der Waals surface area contributed by atoms with Gasteiger partial charge in [0.1, 0.15) is 0 Å². The molecule has 1 amide bonds. The maximum Gasteiger partial charge on any atom is 0.239 e. The first kappa shape index (κ1) is 15.0. The number of amides is 1. The topological polar surface area (TPSA) is 50.2 Å². The molecule has 20 heavy (non-hydrogen) atoms. The molecule has 1 aliphatic heterocycles. The van der Waals surface area contributed by atoms with E-state index in [4.69, 9.17) is 0 Å². The van der Waals surface area contributed by atoms with Gasteiger partial charge in [-0.2, -0.15) is 5.10 Å². The van der Waals surface area contributed by atoms with Crippen LogP contribution < -0.4 is 5.32 Å². The van der Waals surface area contributed by atoms with Gasteiger partial charge >= 0.3 is 0 Å². The van der Waals surface area contributed by atoms with E-state index in [2.05, 4.69) is 30.3 Å². The maximum absolute atomic E-state index is 12.2. The van der Waals surface area contributed by atoms with E-state index < -0.39 is 0 Å². The highest BCUT2D eigenvalue weighted by atomic mass is 16.2. The van der Waals surface area contributed by atoms with Crippen molar-refractivity contribution in [2.24, 2.45) is 0 Å². The number of nitrogens with one attached hydrogen (secondary N) is 1. The van der Waals surface area contributed by atoms with Gasteiger partial charge < -0.3 is 10.2 Å². The second kappa shape index (κ2) is 6.88. The van der Waals surface area contributed by atoms with Crippen molar-refractivity contribution in [3.63, 3.8) is 0 Å². The summed E-state index contributed by atoms with van der Waals surface area (Å²) in [6, 6.07) is 2.00. The van der Waals surface area contributed by atoms with Gasteiger partial charge in [0, 0.05) is 26.2 Å². The molecule has 0 radical (unpaired) electrons. The number of rotatable bonds is 6. The molecular formula is C15H26N4O. The SMILES string of the molecule is CCc1cc(CNC(C)C(=O)N2CCCC2)n(CC)n1. The number of hydrogen-bond donors (Lipinski definition) is 1. The molecule has 2 rings (SSSR count). The molecule has 1 N–H and O–H groups in total. The van der Waals surface area contributed by atoms with Crippen LogP contribution in [0.3, 0.4) is 0 Å². The van der Waals surface area contributed by atoms with Crippen molar-refractivity contribution in [3.8, 4) is 0 Å². The third kappa shape index (κ3) is 3.39. The molecule has 0 saturated carbocycles. The molecule has 0 aliphatic carbocycles. The Morgan fingerprint density at radius 3 is 2.70 bits per heavy atom. The highest BCUT2D eigenvalue weighted by Crippen LogP contribution is 2.10. The van der Waals surface area contributed by atoms with E-state index in [1.165, 1.54) is 0 Å². The lowest BCUT2D eigenvalue weighted by Crippen LogP contribution is -2.43. The van der Waals surface area contributed by atoms with Crippen molar-refractivity contribution >= 4 is 5.91 Å². The monoisotopic (exact) mass is 278 g/mol. The number of carbonyl (C=O) groups excluding carboxylic acids is 1. The minimum absolute atomic E-state index is 0.126. The van der Waals surface area contributed by atoms with Gasteiger partial charge in [0.2, 0.25) is 5.91 Å². The van der Waals surface area contributed by atoms with E-state index >= 15 is 0 Å². The number of nitrogens with zero attached hydrogens (tertiary/aromatic N) is 3. The molecule has 0 bridgehead atoms. The van der Waals surface area contributed by atoms with Crippen LogP contribution in [0.2, 0.25) is 0 Å². The summed E-state index contributed by atoms with van der Waals surface area (Å²) in [6.07, 6.45) is 3.23. The molecular weight excluding hydrogens is 252 g/mol. The van der Waals surface area contributed by atoms with Gasteiger partial charge in [0.05, 0.1) is 17.4 Å². The minimum Gasteiger partial charge on any atom is -0.341 e. The Labute approximate surface area is 121 Å². The van der Waals surface area contributed by atoms with Gasteiger partial charge in [-0.25, -0.2) is 0 Å². The zero-order valence-electron chi connectivity index (χ0n) is 12.9. The summed E-state index contributed by atoms with van der Waals surface area (Å²) < 4.78 is 2.01. The summed E-state index contributed by atoms with van der Waals surface area (Å²) in [5.74, 6) is 0.223. The standard InChI is InChI=1S/C15H26N4O/c1-4-13-10-14(19(5-2)17-13)11-16-12(3)15(20)18-8-6-7-9-18/h10,12,16H,4-9,11H2,1-3H3. The van der Waals surface area contributed by atoms with Gasteiger partial charge in [-0.05, 0) is 39.2 Å². The second-order valence-corrected chi connectivity index (χ2v) is 5.43. The van der Waals surface area contributed by atoms with Crippen LogP contribution in [-0.4, -0.2) is 39.7 Å². The molecule has 1 fully saturated rings. The van der Waals surface area contributed by atoms with Gasteiger partial charge in [-0.15, -0.1) is 0 Å². The van der Waals surface area contributed by atoms with Crippen LogP contribution in [0.5, 0.6) is 0 Å². The highest BCUT2D eigenvalue weighted by molar-refractivity contribution is 5.81. The Balaban J connectivity index is 1.90. The summed E-state index contributed by atoms with van der Waals surface area (Å²) >= 11 is 0. The van der Waals surface area contributed by atoms with E-state index in [1.807, 2.05) is 16.5 Å². The van der Waals surface area contributed by atoms with E-state index in [-0.39, 0.29) is 11.9 Å². The van der Waals surface area contributed by atoms with Gasteiger partial charge in [0.15, 0.2) is 0 Å². The first-order valence-corrected chi connectivity index (χ1v) is 7.73. The first-order chi connectivity index (χ1) is 9.65. The smallest absolute Gasteiger partial charge is 0.239 e. The normalized spacial score (nSPS) is 16.6. The molecule has 1 aromatic heterocycles. The lowest BCUT2D eigenvalue weighted by atomic mass is 10.2. The third-order valence-corrected chi connectivity index (χ3v) is 3.95. The molecule has 0 spiro atoms. The van der Waals surface area contributed by atoms with Crippen molar-refractivity contribution in [1.82, 2.24) is 20.0 Å². The summed E-state index contributed by atoms with van der Waals surface area (Å²) in [6.45, 7) is 9.55. The fourth-order valence-electron chi connectivity index (χ4n) is 2.66. The lowest BCUT2D eigenvalue weighted by Gasteiger charge is -2.21. The van der Waals surface area contributed by atoms with Crippen molar-refractivity contribution < 1.29 is 4.79 Å². The zero-order valence-corrected chi connectivity index (χ0v) is 12.9.